The predicted octanol–water partition coefficient (Wildman–Crippen LogP) is 4.62. The van der Waals surface area contributed by atoms with E-state index in [0.717, 1.165) is 0 Å². The molecule has 0 spiro atoms. The van der Waals surface area contributed by atoms with Crippen LogP contribution in [-0.4, -0.2) is 0 Å². The van der Waals surface area contributed by atoms with Gasteiger partial charge in [-0.25, -0.2) is 0 Å². The Morgan fingerprint density at radius 1 is 0.385 bits per heavy atom. The van der Waals surface area contributed by atoms with Crippen molar-refractivity contribution in [1.82, 2.24) is 0 Å². The van der Waals surface area contributed by atoms with Gasteiger partial charge in [0.2, 0.25) is 0 Å². The Bertz CT molecular complexity index is 135. The molecule has 0 heteroatoms. The van der Waals surface area contributed by atoms with Gasteiger partial charge in [0.05, 0.1) is 0 Å². The summed E-state index contributed by atoms with van der Waals surface area (Å²) >= 11 is 0. The van der Waals surface area contributed by atoms with E-state index in [1.807, 2.05) is 0 Å². The molecule has 1 aliphatic carbocycles. The van der Waals surface area contributed by atoms with E-state index in [4.69, 9.17) is 0 Å². The maximum absolute atomic E-state index is 2.36. The molecule has 0 bridgehead atoms. The third kappa shape index (κ3) is 6.62. The zero-order valence-corrected chi connectivity index (χ0v) is 8.67. The SMILES string of the molecule is C1=CCCCCCCC=CCCC1. The predicted molar refractivity (Wildman–Crippen MR) is 59.8 cm³/mol. The Labute approximate surface area is 82.7 Å². The molecule has 0 aromatic heterocycles. The number of allylic oxidation sites excluding steroid dienone is 4. The van der Waals surface area contributed by atoms with Crippen molar-refractivity contribution < 1.29 is 0 Å². The molecule has 0 radical (unpaired) electrons. The lowest BCUT2D eigenvalue weighted by atomic mass is 10.1. The summed E-state index contributed by atoms with van der Waals surface area (Å²) in [6.45, 7) is 0. The number of hydrogen-bond acceptors (Lipinski definition) is 0. The van der Waals surface area contributed by atoms with Gasteiger partial charge in [-0.3, -0.25) is 0 Å². The summed E-state index contributed by atoms with van der Waals surface area (Å²) in [6, 6.07) is 0. The highest BCUT2D eigenvalue weighted by molar-refractivity contribution is 4.86. The summed E-state index contributed by atoms with van der Waals surface area (Å²) in [5.74, 6) is 0. The summed E-state index contributed by atoms with van der Waals surface area (Å²) < 4.78 is 0. The molecule has 1 aliphatic rings. The van der Waals surface area contributed by atoms with E-state index in [-0.39, 0.29) is 0 Å². The first-order valence-corrected chi connectivity index (χ1v) is 5.80. The van der Waals surface area contributed by atoms with Crippen LogP contribution in [-0.2, 0) is 0 Å². The molecule has 1 rings (SSSR count). The van der Waals surface area contributed by atoms with Gasteiger partial charge in [0, 0.05) is 0 Å². The van der Waals surface area contributed by atoms with Gasteiger partial charge in [-0.15, -0.1) is 0 Å². The van der Waals surface area contributed by atoms with Gasteiger partial charge in [0.15, 0.2) is 0 Å². The molecule has 0 aromatic carbocycles. The van der Waals surface area contributed by atoms with E-state index in [9.17, 15) is 0 Å². The smallest absolute Gasteiger partial charge is 0.0348 e. The third-order valence-corrected chi connectivity index (χ3v) is 2.57. The Hall–Kier alpha value is -0.520. The summed E-state index contributed by atoms with van der Waals surface area (Å²) in [5.41, 5.74) is 0. The summed E-state index contributed by atoms with van der Waals surface area (Å²) in [7, 11) is 0. The average Bonchev–Trinajstić information content (AvgIpc) is 2.18. The quantitative estimate of drug-likeness (QED) is 0.475. The van der Waals surface area contributed by atoms with Crippen LogP contribution in [0.3, 0.4) is 0 Å². The second kappa shape index (κ2) is 8.10. The first-order valence-electron chi connectivity index (χ1n) is 5.80. The minimum Gasteiger partial charge on any atom is -0.0885 e. The monoisotopic (exact) mass is 178 g/mol. The zero-order valence-electron chi connectivity index (χ0n) is 8.67. The van der Waals surface area contributed by atoms with Crippen molar-refractivity contribution in [3.8, 4) is 0 Å². The Morgan fingerprint density at radius 2 is 0.769 bits per heavy atom. The fraction of sp³-hybridized carbons (Fsp3) is 0.692. The molecule has 13 heavy (non-hydrogen) atoms. The van der Waals surface area contributed by atoms with Crippen LogP contribution in [0.15, 0.2) is 24.3 Å². The maximum Gasteiger partial charge on any atom is -0.0348 e. The van der Waals surface area contributed by atoms with Crippen molar-refractivity contribution in [2.75, 3.05) is 0 Å². The Kier molecular flexibility index (Phi) is 6.58. The maximum atomic E-state index is 2.36. The highest BCUT2D eigenvalue weighted by Gasteiger charge is 1.89. The first-order chi connectivity index (χ1) is 6.50. The second-order valence-corrected chi connectivity index (χ2v) is 3.87. The van der Waals surface area contributed by atoms with E-state index in [1.165, 1.54) is 57.8 Å². The van der Waals surface area contributed by atoms with Crippen LogP contribution in [0.4, 0.5) is 0 Å². The minimum absolute atomic E-state index is 1.27. The molecule has 74 valence electrons. The molecular formula is C13H22. The van der Waals surface area contributed by atoms with E-state index < -0.39 is 0 Å². The molecule has 0 aromatic rings. The van der Waals surface area contributed by atoms with Crippen molar-refractivity contribution in [3.63, 3.8) is 0 Å². The Balaban J connectivity index is 2.18. The van der Waals surface area contributed by atoms with Crippen LogP contribution >= 0.6 is 0 Å². The van der Waals surface area contributed by atoms with Crippen LogP contribution in [0.5, 0.6) is 0 Å². The number of rotatable bonds is 0. The molecule has 0 saturated heterocycles. The molecule has 0 unspecified atom stereocenters. The second-order valence-electron chi connectivity index (χ2n) is 3.87. The van der Waals surface area contributed by atoms with Crippen LogP contribution < -0.4 is 0 Å². The lowest BCUT2D eigenvalue weighted by molar-refractivity contribution is 0.652. The van der Waals surface area contributed by atoms with Gasteiger partial charge >= 0.3 is 0 Å². The third-order valence-electron chi connectivity index (χ3n) is 2.57. The van der Waals surface area contributed by atoms with E-state index in [1.54, 1.807) is 0 Å². The largest absolute Gasteiger partial charge is 0.0885 e. The normalized spacial score (nSPS) is 21.5. The molecule has 0 aliphatic heterocycles. The van der Waals surface area contributed by atoms with Crippen molar-refractivity contribution in [2.24, 2.45) is 0 Å². The fourth-order valence-corrected chi connectivity index (χ4v) is 1.70. The highest BCUT2D eigenvalue weighted by Crippen LogP contribution is 2.09. The van der Waals surface area contributed by atoms with Crippen LogP contribution in [0.1, 0.15) is 57.8 Å². The first kappa shape index (κ1) is 10.6. The van der Waals surface area contributed by atoms with Gasteiger partial charge in [0.1, 0.15) is 0 Å². The molecule has 0 saturated carbocycles. The van der Waals surface area contributed by atoms with Crippen LogP contribution in [0.2, 0.25) is 0 Å². The van der Waals surface area contributed by atoms with Crippen LogP contribution in [0, 0.1) is 0 Å². The fourth-order valence-electron chi connectivity index (χ4n) is 1.70. The summed E-state index contributed by atoms with van der Waals surface area (Å²) in [4.78, 5) is 0. The van der Waals surface area contributed by atoms with E-state index in [0.29, 0.717) is 0 Å². The van der Waals surface area contributed by atoms with Crippen molar-refractivity contribution in [3.05, 3.63) is 24.3 Å². The molecule has 0 N–H and O–H groups in total. The van der Waals surface area contributed by atoms with E-state index >= 15 is 0 Å². The lowest BCUT2D eigenvalue weighted by Crippen LogP contribution is -1.76. The molecule has 0 fully saturated rings. The average molecular weight is 178 g/mol. The van der Waals surface area contributed by atoms with Gasteiger partial charge < -0.3 is 0 Å². The lowest BCUT2D eigenvalue weighted by Gasteiger charge is -1.95. The molecule has 0 heterocycles. The van der Waals surface area contributed by atoms with E-state index in [2.05, 4.69) is 24.3 Å². The highest BCUT2D eigenvalue weighted by atomic mass is 14.0. The van der Waals surface area contributed by atoms with Crippen LogP contribution in [0.25, 0.3) is 0 Å². The van der Waals surface area contributed by atoms with Crippen molar-refractivity contribution >= 4 is 0 Å². The summed E-state index contributed by atoms with van der Waals surface area (Å²) in [5, 5.41) is 0. The Morgan fingerprint density at radius 3 is 1.23 bits per heavy atom. The molecular weight excluding hydrogens is 156 g/mol. The molecule has 0 atom stereocenters. The molecule has 0 nitrogen and oxygen atoms in total. The van der Waals surface area contributed by atoms with Gasteiger partial charge in [0.25, 0.3) is 0 Å². The summed E-state index contributed by atoms with van der Waals surface area (Å²) in [6.07, 6.45) is 21.5. The standard InChI is InChI=1S/C13H22/c1-2-4-6-8-10-12-13-11-9-7-5-3-1/h1-2,9,11H,3-8,10,12-13H2. The zero-order chi connectivity index (χ0) is 9.19. The van der Waals surface area contributed by atoms with Gasteiger partial charge in [-0.05, 0) is 44.9 Å². The van der Waals surface area contributed by atoms with Gasteiger partial charge in [-0.2, -0.15) is 0 Å². The minimum atomic E-state index is 1.27. The topological polar surface area (TPSA) is 0 Å². The van der Waals surface area contributed by atoms with Crippen molar-refractivity contribution in [2.45, 2.75) is 57.8 Å². The van der Waals surface area contributed by atoms with Gasteiger partial charge in [-0.1, -0.05) is 37.1 Å². The molecule has 0 amide bonds. The van der Waals surface area contributed by atoms with Crippen molar-refractivity contribution in [1.29, 1.82) is 0 Å². The number of hydrogen-bond donors (Lipinski definition) is 0.